The van der Waals surface area contributed by atoms with Crippen LogP contribution >= 0.6 is 0 Å². The molecule has 5 nitrogen and oxygen atoms in total. The maximum absolute atomic E-state index is 12.3. The molecule has 3 aromatic rings. The molecule has 1 N–H and O–H groups in total. The van der Waals surface area contributed by atoms with Crippen LogP contribution in [0.2, 0.25) is 0 Å². The smallest absolute Gasteiger partial charge is 0.224 e. The molecule has 1 aliphatic rings. The number of aryl methyl sites for hydroxylation is 1. The minimum atomic E-state index is 0.000136. The van der Waals surface area contributed by atoms with Crippen molar-refractivity contribution in [3.63, 3.8) is 0 Å². The first-order valence-electron chi connectivity index (χ1n) is 8.49. The summed E-state index contributed by atoms with van der Waals surface area (Å²) < 4.78 is 1.76. The molecule has 0 unspecified atom stereocenters. The SMILES string of the molecule is O=C(CCc1ccccc1)Nc1cccn2nc(C3CCC3)nc12. The van der Waals surface area contributed by atoms with Crippen LogP contribution in [0.15, 0.2) is 48.7 Å². The molecule has 1 aromatic carbocycles. The zero-order valence-electron chi connectivity index (χ0n) is 13.5. The Labute approximate surface area is 140 Å². The predicted molar refractivity (Wildman–Crippen MR) is 93.0 cm³/mol. The molecule has 0 spiro atoms. The lowest BCUT2D eigenvalue weighted by Crippen LogP contribution is -2.13. The number of nitrogens with zero attached hydrogens (tertiary/aromatic N) is 3. The molecule has 0 aliphatic heterocycles. The van der Waals surface area contributed by atoms with E-state index in [2.05, 4.69) is 15.4 Å². The highest BCUT2D eigenvalue weighted by Gasteiger charge is 2.24. The highest BCUT2D eigenvalue weighted by atomic mass is 16.1. The molecule has 1 fully saturated rings. The normalized spacial score (nSPS) is 14.5. The third-order valence-corrected chi connectivity index (χ3v) is 4.61. The summed E-state index contributed by atoms with van der Waals surface area (Å²) in [4.78, 5) is 16.9. The number of rotatable bonds is 5. The second-order valence-electron chi connectivity index (χ2n) is 6.32. The quantitative estimate of drug-likeness (QED) is 0.782. The van der Waals surface area contributed by atoms with Crippen molar-refractivity contribution in [3.05, 3.63) is 60.0 Å². The van der Waals surface area contributed by atoms with Gasteiger partial charge in [-0.05, 0) is 37.0 Å². The topological polar surface area (TPSA) is 59.3 Å². The van der Waals surface area contributed by atoms with Gasteiger partial charge in [0.25, 0.3) is 0 Å². The molecule has 0 bridgehead atoms. The van der Waals surface area contributed by atoms with E-state index < -0.39 is 0 Å². The van der Waals surface area contributed by atoms with Gasteiger partial charge in [0, 0.05) is 18.5 Å². The average Bonchev–Trinajstić information content (AvgIpc) is 2.97. The summed E-state index contributed by atoms with van der Waals surface area (Å²) in [6.45, 7) is 0. The van der Waals surface area contributed by atoms with E-state index in [1.165, 1.54) is 12.0 Å². The van der Waals surface area contributed by atoms with Gasteiger partial charge in [0.15, 0.2) is 11.5 Å². The number of aromatic nitrogens is 3. The number of amides is 1. The molecular formula is C19H20N4O. The molecule has 4 rings (SSSR count). The lowest BCUT2D eigenvalue weighted by Gasteiger charge is -2.21. The number of carbonyl (C=O) groups excluding carboxylic acids is 1. The fraction of sp³-hybridized carbons (Fsp3) is 0.316. The van der Waals surface area contributed by atoms with Gasteiger partial charge in [-0.25, -0.2) is 9.50 Å². The van der Waals surface area contributed by atoms with Gasteiger partial charge < -0.3 is 5.32 Å². The van der Waals surface area contributed by atoms with Crippen LogP contribution in [0.25, 0.3) is 5.65 Å². The zero-order chi connectivity index (χ0) is 16.4. The monoisotopic (exact) mass is 320 g/mol. The molecule has 0 atom stereocenters. The van der Waals surface area contributed by atoms with Crippen molar-refractivity contribution in [3.8, 4) is 0 Å². The van der Waals surface area contributed by atoms with Gasteiger partial charge >= 0.3 is 0 Å². The van der Waals surface area contributed by atoms with Gasteiger partial charge in [-0.1, -0.05) is 36.8 Å². The fourth-order valence-electron chi connectivity index (χ4n) is 2.97. The summed E-state index contributed by atoms with van der Waals surface area (Å²) in [5.74, 6) is 1.37. The Hall–Kier alpha value is -2.69. The minimum absolute atomic E-state index is 0.000136. The molecule has 0 radical (unpaired) electrons. The van der Waals surface area contributed by atoms with E-state index in [-0.39, 0.29) is 5.91 Å². The van der Waals surface area contributed by atoms with Gasteiger partial charge in [0.1, 0.15) is 0 Å². The van der Waals surface area contributed by atoms with Crippen molar-refractivity contribution < 1.29 is 4.79 Å². The number of pyridine rings is 1. The fourth-order valence-corrected chi connectivity index (χ4v) is 2.97. The third-order valence-electron chi connectivity index (χ3n) is 4.61. The summed E-state index contributed by atoms with van der Waals surface area (Å²) in [5, 5.41) is 7.53. The Morgan fingerprint density at radius 2 is 2.00 bits per heavy atom. The maximum atomic E-state index is 12.3. The molecule has 2 aromatic heterocycles. The Bertz CT molecular complexity index is 852. The highest BCUT2D eigenvalue weighted by Crippen LogP contribution is 2.35. The largest absolute Gasteiger partial charge is 0.323 e. The predicted octanol–water partition coefficient (Wildman–Crippen LogP) is 3.57. The van der Waals surface area contributed by atoms with E-state index >= 15 is 0 Å². The van der Waals surface area contributed by atoms with Crippen LogP contribution in [-0.2, 0) is 11.2 Å². The summed E-state index contributed by atoms with van der Waals surface area (Å²) >= 11 is 0. The van der Waals surface area contributed by atoms with Gasteiger partial charge in [-0.3, -0.25) is 4.79 Å². The van der Waals surface area contributed by atoms with Crippen molar-refractivity contribution in [1.82, 2.24) is 14.6 Å². The molecular weight excluding hydrogens is 300 g/mol. The standard InChI is InChI=1S/C19H20N4O/c24-17(12-11-14-6-2-1-3-7-14)20-16-10-5-13-23-19(16)21-18(22-23)15-8-4-9-15/h1-3,5-7,10,13,15H,4,8-9,11-12H2,(H,20,24). The lowest BCUT2D eigenvalue weighted by molar-refractivity contribution is -0.116. The number of benzene rings is 1. The average molecular weight is 320 g/mol. The van der Waals surface area contributed by atoms with Gasteiger partial charge in [0.2, 0.25) is 5.91 Å². The second kappa shape index (κ2) is 6.43. The number of carbonyl (C=O) groups is 1. The number of nitrogens with one attached hydrogen (secondary N) is 1. The Morgan fingerprint density at radius 3 is 2.75 bits per heavy atom. The van der Waals surface area contributed by atoms with Gasteiger partial charge in [-0.15, -0.1) is 0 Å². The molecule has 1 amide bonds. The number of fused-ring (bicyclic) bond motifs is 1. The Balaban J connectivity index is 1.47. The van der Waals surface area contributed by atoms with Gasteiger partial charge in [0.05, 0.1) is 5.69 Å². The van der Waals surface area contributed by atoms with Crippen LogP contribution in [0.5, 0.6) is 0 Å². The van der Waals surface area contributed by atoms with Gasteiger partial charge in [-0.2, -0.15) is 5.10 Å². The first-order valence-corrected chi connectivity index (χ1v) is 8.49. The van der Waals surface area contributed by atoms with Crippen molar-refractivity contribution in [2.75, 3.05) is 5.32 Å². The van der Waals surface area contributed by atoms with Crippen LogP contribution in [0.3, 0.4) is 0 Å². The molecule has 24 heavy (non-hydrogen) atoms. The first-order chi connectivity index (χ1) is 11.8. The summed E-state index contributed by atoms with van der Waals surface area (Å²) in [7, 11) is 0. The number of anilines is 1. The minimum Gasteiger partial charge on any atom is -0.323 e. The van der Waals surface area contributed by atoms with Crippen molar-refractivity contribution in [1.29, 1.82) is 0 Å². The molecule has 0 saturated heterocycles. The van der Waals surface area contributed by atoms with E-state index in [0.29, 0.717) is 12.3 Å². The summed E-state index contributed by atoms with van der Waals surface area (Å²) in [6.07, 6.45) is 6.64. The van der Waals surface area contributed by atoms with E-state index in [9.17, 15) is 4.79 Å². The van der Waals surface area contributed by atoms with E-state index in [0.717, 1.165) is 36.4 Å². The van der Waals surface area contributed by atoms with Crippen molar-refractivity contribution in [2.45, 2.75) is 38.0 Å². The first kappa shape index (κ1) is 14.9. The van der Waals surface area contributed by atoms with E-state index in [1.54, 1.807) is 4.52 Å². The van der Waals surface area contributed by atoms with Crippen molar-refractivity contribution >= 4 is 17.2 Å². The third kappa shape index (κ3) is 3.02. The van der Waals surface area contributed by atoms with Crippen LogP contribution < -0.4 is 5.32 Å². The Kier molecular flexibility index (Phi) is 3.99. The van der Waals surface area contributed by atoms with E-state index in [1.807, 2.05) is 48.7 Å². The Morgan fingerprint density at radius 1 is 1.17 bits per heavy atom. The molecule has 2 heterocycles. The van der Waals surface area contributed by atoms with E-state index in [4.69, 9.17) is 0 Å². The summed E-state index contributed by atoms with van der Waals surface area (Å²) in [6, 6.07) is 13.8. The van der Waals surface area contributed by atoms with Crippen LogP contribution in [0.1, 0.15) is 43.0 Å². The van der Waals surface area contributed by atoms with Crippen LogP contribution in [0, 0.1) is 0 Å². The van der Waals surface area contributed by atoms with Crippen molar-refractivity contribution in [2.24, 2.45) is 0 Å². The molecule has 122 valence electrons. The number of hydrogen-bond acceptors (Lipinski definition) is 3. The van der Waals surface area contributed by atoms with Crippen LogP contribution in [0.4, 0.5) is 5.69 Å². The molecule has 5 heteroatoms. The summed E-state index contributed by atoms with van der Waals surface area (Å²) in [5.41, 5.74) is 2.63. The lowest BCUT2D eigenvalue weighted by atomic mass is 9.85. The zero-order valence-corrected chi connectivity index (χ0v) is 13.5. The van der Waals surface area contributed by atoms with Crippen LogP contribution in [-0.4, -0.2) is 20.5 Å². The highest BCUT2D eigenvalue weighted by molar-refractivity contribution is 5.94. The number of hydrogen-bond donors (Lipinski definition) is 1. The maximum Gasteiger partial charge on any atom is 0.224 e. The molecule has 1 aliphatic carbocycles. The second-order valence-corrected chi connectivity index (χ2v) is 6.32. The molecule has 1 saturated carbocycles.